The van der Waals surface area contributed by atoms with E-state index >= 15 is 0 Å². The molecule has 10 heteroatoms. The van der Waals surface area contributed by atoms with Crippen LogP contribution >= 0.6 is 0 Å². The van der Waals surface area contributed by atoms with Gasteiger partial charge in [0.1, 0.15) is 18.4 Å². The number of aryl methyl sites for hydroxylation is 2. The molecule has 0 aliphatic carbocycles. The van der Waals surface area contributed by atoms with Crippen LogP contribution in [0, 0.1) is 19.7 Å². The Morgan fingerprint density at radius 3 is 2.24 bits per heavy atom. The van der Waals surface area contributed by atoms with E-state index in [1.54, 1.807) is 38.1 Å². The normalized spacial score (nSPS) is 12.3. The fraction of sp³-hybridized carbons (Fsp3) is 0.481. The van der Waals surface area contributed by atoms with Gasteiger partial charge in [0.25, 0.3) is 0 Å². The van der Waals surface area contributed by atoms with Crippen LogP contribution in [0.4, 0.5) is 10.1 Å². The van der Waals surface area contributed by atoms with E-state index in [4.69, 9.17) is 0 Å². The maximum absolute atomic E-state index is 13.8. The van der Waals surface area contributed by atoms with E-state index in [-0.39, 0.29) is 12.5 Å². The number of carbonyl (C=O) groups excluding carboxylic acids is 2. The molecule has 0 radical (unpaired) electrons. The molecule has 204 valence electrons. The molecule has 0 unspecified atom stereocenters. The number of carbonyl (C=O) groups is 2. The van der Waals surface area contributed by atoms with Gasteiger partial charge in [-0.25, -0.2) is 8.70 Å². The van der Waals surface area contributed by atoms with Crippen molar-refractivity contribution in [3.05, 3.63) is 65.0 Å². The Bertz CT molecular complexity index is 1170. The summed E-state index contributed by atoms with van der Waals surface area (Å²) in [6, 6.07) is 10.3. The molecule has 2 aromatic rings. The molecule has 8 nitrogen and oxygen atoms in total. The van der Waals surface area contributed by atoms with Crippen LogP contribution in [0.3, 0.4) is 0 Å². The molecule has 2 aromatic carbocycles. The summed E-state index contributed by atoms with van der Waals surface area (Å²) in [6.45, 7) is 7.46. The van der Waals surface area contributed by atoms with E-state index in [1.807, 2.05) is 19.9 Å². The van der Waals surface area contributed by atoms with Gasteiger partial charge >= 0.3 is 10.2 Å². The Hall–Kier alpha value is -2.98. The molecular weight excluding hydrogens is 495 g/mol. The summed E-state index contributed by atoms with van der Waals surface area (Å²) < 4.78 is 42.4. The lowest BCUT2D eigenvalue weighted by Gasteiger charge is -2.34. The molecule has 0 aliphatic rings. The highest BCUT2D eigenvalue weighted by Gasteiger charge is 2.34. The van der Waals surface area contributed by atoms with Crippen LogP contribution in [0.2, 0.25) is 0 Å². The smallest absolute Gasteiger partial charge is 0.304 e. The number of nitrogens with zero attached hydrogens (tertiary/aromatic N) is 3. The average molecular weight is 535 g/mol. The van der Waals surface area contributed by atoms with Gasteiger partial charge in [-0.2, -0.15) is 12.7 Å². The lowest BCUT2D eigenvalue weighted by atomic mass is 10.1. The number of halogens is 1. The van der Waals surface area contributed by atoms with Crippen LogP contribution in [0.1, 0.15) is 49.8 Å². The van der Waals surface area contributed by atoms with Crippen molar-refractivity contribution in [1.29, 1.82) is 0 Å². The first-order valence-electron chi connectivity index (χ1n) is 12.5. The summed E-state index contributed by atoms with van der Waals surface area (Å²) in [4.78, 5) is 28.3. The third kappa shape index (κ3) is 8.00. The standard InChI is InChI=1S/C27H39FN4O4S/c1-7-9-16-29-27(34)24(8-2)31(18-22-12-14-23(28)15-13-22)26(33)19-32(37(35,36)30(5)6)25-17-20(3)10-11-21(25)4/h10-15,17,24H,7-9,16,18-19H2,1-6H3,(H,29,34)/t24-/m0/s1. The molecule has 0 spiro atoms. The molecule has 0 saturated carbocycles. The molecule has 0 saturated heterocycles. The van der Waals surface area contributed by atoms with Gasteiger partial charge in [-0.05, 0) is 61.6 Å². The van der Waals surface area contributed by atoms with Crippen molar-refractivity contribution < 1.29 is 22.4 Å². The largest absolute Gasteiger partial charge is 0.354 e. The van der Waals surface area contributed by atoms with E-state index in [2.05, 4.69) is 5.32 Å². The molecule has 1 N–H and O–H groups in total. The van der Waals surface area contributed by atoms with E-state index in [1.165, 1.54) is 31.1 Å². The van der Waals surface area contributed by atoms with Gasteiger partial charge in [0.15, 0.2) is 0 Å². The molecule has 2 rings (SSSR count). The number of amides is 2. The first kappa shape index (κ1) is 30.2. The van der Waals surface area contributed by atoms with E-state index < -0.39 is 34.5 Å². The number of unbranched alkanes of at least 4 members (excludes halogenated alkanes) is 1. The van der Waals surface area contributed by atoms with Crippen LogP contribution in [-0.4, -0.2) is 62.7 Å². The Labute approximate surface area is 220 Å². The van der Waals surface area contributed by atoms with Gasteiger partial charge in [0.2, 0.25) is 11.8 Å². The second-order valence-corrected chi connectivity index (χ2v) is 11.4. The molecule has 0 aliphatic heterocycles. The Morgan fingerprint density at radius 1 is 1.03 bits per heavy atom. The van der Waals surface area contributed by atoms with Crippen LogP contribution < -0.4 is 9.62 Å². The quantitative estimate of drug-likeness (QED) is 0.396. The Balaban J connectivity index is 2.51. The predicted octanol–water partition coefficient (Wildman–Crippen LogP) is 3.78. The summed E-state index contributed by atoms with van der Waals surface area (Å²) in [5.74, 6) is -1.25. The van der Waals surface area contributed by atoms with Crippen molar-refractivity contribution >= 4 is 27.7 Å². The number of hydrogen-bond donors (Lipinski definition) is 1. The SMILES string of the molecule is CCCCNC(=O)[C@H](CC)N(Cc1ccc(F)cc1)C(=O)CN(c1cc(C)ccc1C)S(=O)(=O)N(C)C. The zero-order valence-electron chi connectivity index (χ0n) is 22.6. The monoisotopic (exact) mass is 534 g/mol. The maximum atomic E-state index is 13.8. The summed E-state index contributed by atoms with van der Waals surface area (Å²) in [5.41, 5.74) is 2.56. The molecule has 0 fully saturated rings. The van der Waals surface area contributed by atoms with Crippen molar-refractivity contribution in [2.75, 3.05) is 31.5 Å². The number of nitrogens with one attached hydrogen (secondary N) is 1. The highest BCUT2D eigenvalue weighted by atomic mass is 32.2. The third-order valence-electron chi connectivity index (χ3n) is 6.13. The predicted molar refractivity (Wildman–Crippen MR) is 145 cm³/mol. The van der Waals surface area contributed by atoms with Crippen molar-refractivity contribution in [3.8, 4) is 0 Å². The van der Waals surface area contributed by atoms with Crippen molar-refractivity contribution in [2.24, 2.45) is 0 Å². The number of benzene rings is 2. The number of anilines is 1. The highest BCUT2D eigenvalue weighted by molar-refractivity contribution is 7.90. The minimum atomic E-state index is -4.04. The molecule has 0 heterocycles. The molecule has 1 atom stereocenters. The second-order valence-electron chi connectivity index (χ2n) is 9.30. The minimum absolute atomic E-state index is 0.0292. The van der Waals surface area contributed by atoms with Gasteiger partial charge in [0.05, 0.1) is 5.69 Å². The van der Waals surface area contributed by atoms with E-state index in [0.29, 0.717) is 29.8 Å². The molecule has 37 heavy (non-hydrogen) atoms. The molecule has 0 aromatic heterocycles. The van der Waals surface area contributed by atoms with Gasteiger partial charge in [-0.1, -0.05) is 44.5 Å². The lowest BCUT2D eigenvalue weighted by molar-refractivity contribution is -0.140. The number of hydrogen-bond acceptors (Lipinski definition) is 4. The molecular formula is C27H39FN4O4S. The van der Waals surface area contributed by atoms with Gasteiger partial charge < -0.3 is 10.2 Å². The molecule has 0 bridgehead atoms. The van der Waals surface area contributed by atoms with Gasteiger partial charge in [0, 0.05) is 27.2 Å². The Kier molecular flexibility index (Phi) is 11.1. The summed E-state index contributed by atoms with van der Waals surface area (Å²) in [6.07, 6.45) is 2.03. The van der Waals surface area contributed by atoms with Crippen molar-refractivity contribution in [1.82, 2.24) is 14.5 Å². The van der Waals surface area contributed by atoms with E-state index in [0.717, 1.165) is 27.0 Å². The highest BCUT2D eigenvalue weighted by Crippen LogP contribution is 2.26. The van der Waals surface area contributed by atoms with Crippen molar-refractivity contribution in [2.45, 2.75) is 59.5 Å². The summed E-state index contributed by atoms with van der Waals surface area (Å²) in [7, 11) is -1.23. The lowest BCUT2D eigenvalue weighted by Crippen LogP contribution is -2.53. The molecule has 2 amide bonds. The first-order chi connectivity index (χ1) is 17.4. The zero-order valence-corrected chi connectivity index (χ0v) is 23.4. The van der Waals surface area contributed by atoms with Crippen LogP contribution in [-0.2, 0) is 26.3 Å². The minimum Gasteiger partial charge on any atom is -0.354 e. The maximum Gasteiger partial charge on any atom is 0.304 e. The summed E-state index contributed by atoms with van der Waals surface area (Å²) in [5, 5.41) is 2.88. The van der Waals surface area contributed by atoms with Gasteiger partial charge in [-0.15, -0.1) is 0 Å². The Morgan fingerprint density at radius 2 is 1.68 bits per heavy atom. The van der Waals surface area contributed by atoms with E-state index in [9.17, 15) is 22.4 Å². The summed E-state index contributed by atoms with van der Waals surface area (Å²) >= 11 is 0. The first-order valence-corrected chi connectivity index (χ1v) is 13.9. The van der Waals surface area contributed by atoms with Crippen LogP contribution in [0.15, 0.2) is 42.5 Å². The number of rotatable bonds is 13. The topological polar surface area (TPSA) is 90.0 Å². The van der Waals surface area contributed by atoms with Crippen molar-refractivity contribution in [3.63, 3.8) is 0 Å². The van der Waals surface area contributed by atoms with Gasteiger partial charge in [-0.3, -0.25) is 9.59 Å². The third-order valence-corrected chi connectivity index (χ3v) is 7.94. The zero-order chi connectivity index (χ0) is 27.8. The van der Waals surface area contributed by atoms with Crippen LogP contribution in [0.25, 0.3) is 0 Å². The van der Waals surface area contributed by atoms with Crippen LogP contribution in [0.5, 0.6) is 0 Å². The second kappa shape index (κ2) is 13.5. The fourth-order valence-electron chi connectivity index (χ4n) is 3.90. The average Bonchev–Trinajstić information content (AvgIpc) is 2.85. The fourth-order valence-corrected chi connectivity index (χ4v) is 5.02.